The van der Waals surface area contributed by atoms with Crippen molar-refractivity contribution in [1.29, 1.82) is 0 Å². The van der Waals surface area contributed by atoms with Gasteiger partial charge in [0.15, 0.2) is 0 Å². The van der Waals surface area contributed by atoms with Gasteiger partial charge in [-0.05, 0) is 13.0 Å². The fourth-order valence-corrected chi connectivity index (χ4v) is 3.24. The molecule has 0 aromatic heterocycles. The quantitative estimate of drug-likeness (QED) is 0.659. The van der Waals surface area contributed by atoms with Crippen molar-refractivity contribution in [3.63, 3.8) is 0 Å². The third kappa shape index (κ3) is 6.47. The fraction of sp³-hybridized carbons (Fsp3) is 0.800. The highest BCUT2D eigenvalue weighted by molar-refractivity contribution is 9.11. The van der Waals surface area contributed by atoms with E-state index in [2.05, 4.69) is 53.6 Å². The maximum Gasteiger partial charge on any atom is 0.119 e. The second kappa shape index (κ2) is 5.99. The van der Waals surface area contributed by atoms with Crippen molar-refractivity contribution < 1.29 is 0 Å². The van der Waals surface area contributed by atoms with Crippen LogP contribution in [0.3, 0.4) is 0 Å². The van der Waals surface area contributed by atoms with E-state index in [1.54, 1.807) is 0 Å². The molecule has 0 aliphatic heterocycles. The van der Waals surface area contributed by atoms with Gasteiger partial charge in [0, 0.05) is 11.0 Å². The Morgan fingerprint density at radius 1 is 1.38 bits per heavy atom. The highest BCUT2D eigenvalue weighted by Gasteiger charge is 2.22. The van der Waals surface area contributed by atoms with E-state index in [1.165, 1.54) is 19.4 Å². The van der Waals surface area contributed by atoms with Gasteiger partial charge in [-0.25, -0.2) is 0 Å². The van der Waals surface area contributed by atoms with Gasteiger partial charge in [-0.15, -0.1) is 0 Å². The lowest BCUT2D eigenvalue weighted by Crippen LogP contribution is -2.47. The minimum Gasteiger partial charge on any atom is -0.319 e. The van der Waals surface area contributed by atoms with Crippen molar-refractivity contribution in [1.82, 2.24) is 4.57 Å². The van der Waals surface area contributed by atoms with Gasteiger partial charge in [-0.1, -0.05) is 55.5 Å². The molecule has 1 nitrogen and oxygen atoms in total. The smallest absolute Gasteiger partial charge is 0.119 e. The van der Waals surface area contributed by atoms with E-state index in [0.29, 0.717) is 0 Å². The minimum atomic E-state index is -1.14. The van der Waals surface area contributed by atoms with Gasteiger partial charge in [0.05, 0.1) is 0 Å². The first kappa shape index (κ1) is 13.4. The maximum atomic E-state index is 3.91. The number of unbranched alkanes of at least 4 members (excludes halogenated alkanes) is 1. The molecule has 0 amide bonds. The zero-order valence-corrected chi connectivity index (χ0v) is 11.9. The first-order chi connectivity index (χ1) is 5.88. The highest BCUT2D eigenvalue weighted by Crippen LogP contribution is 2.14. The van der Waals surface area contributed by atoms with Crippen LogP contribution in [0.1, 0.15) is 19.8 Å². The molecule has 0 bridgehead atoms. The maximum absolute atomic E-state index is 3.91. The zero-order chi connectivity index (χ0) is 10.5. The molecule has 0 atom stereocenters. The van der Waals surface area contributed by atoms with Crippen molar-refractivity contribution in [2.45, 2.75) is 39.4 Å². The van der Waals surface area contributed by atoms with Crippen LogP contribution in [-0.2, 0) is 0 Å². The number of hydrogen-bond donors (Lipinski definition) is 0. The summed E-state index contributed by atoms with van der Waals surface area (Å²) in [7, 11) is -1.14. The first-order valence-corrected chi connectivity index (χ1v) is 9.20. The molecule has 13 heavy (non-hydrogen) atoms. The Labute approximate surface area is 92.4 Å². The van der Waals surface area contributed by atoms with Crippen molar-refractivity contribution in [3.05, 3.63) is 11.1 Å². The largest absolute Gasteiger partial charge is 0.319 e. The fourth-order valence-electron chi connectivity index (χ4n) is 1.21. The summed E-state index contributed by atoms with van der Waals surface area (Å²) in [6, 6.07) is 0. The molecular weight excluding hydrogens is 242 g/mol. The Balaban J connectivity index is 4.11. The van der Waals surface area contributed by atoms with Crippen molar-refractivity contribution in [3.8, 4) is 0 Å². The lowest BCUT2D eigenvalue weighted by atomic mass is 10.3. The topological polar surface area (TPSA) is 3.24 Å². The van der Waals surface area contributed by atoms with Crippen LogP contribution in [0.5, 0.6) is 0 Å². The number of rotatable bonds is 6. The molecule has 3 heteroatoms. The van der Waals surface area contributed by atoms with Crippen molar-refractivity contribution in [2.75, 3.05) is 13.1 Å². The van der Waals surface area contributed by atoms with Crippen LogP contribution in [0.15, 0.2) is 11.1 Å². The second-order valence-electron chi connectivity index (χ2n) is 4.46. The van der Waals surface area contributed by atoms with Crippen LogP contribution in [0.2, 0.25) is 19.6 Å². The summed E-state index contributed by atoms with van der Waals surface area (Å²) in [6.07, 6.45) is 2.57. The lowest BCUT2D eigenvalue weighted by Gasteiger charge is -2.33. The SMILES string of the molecule is C=C(Br)CN(CCCC)[Si](C)(C)C. The van der Waals surface area contributed by atoms with Gasteiger partial charge in [0.25, 0.3) is 0 Å². The molecule has 0 aromatic carbocycles. The van der Waals surface area contributed by atoms with E-state index in [4.69, 9.17) is 0 Å². The first-order valence-electron chi connectivity index (χ1n) is 4.96. The standard InChI is InChI=1S/C10H22BrNSi/c1-6-7-8-12(9-10(2)11)13(3,4)5/h2,6-9H2,1,3-5H3. The van der Waals surface area contributed by atoms with E-state index < -0.39 is 8.24 Å². The zero-order valence-electron chi connectivity index (χ0n) is 9.36. The molecule has 0 aliphatic carbocycles. The summed E-state index contributed by atoms with van der Waals surface area (Å²) in [5.74, 6) is 0. The van der Waals surface area contributed by atoms with Gasteiger partial charge in [-0.3, -0.25) is 0 Å². The molecule has 0 radical (unpaired) electrons. The molecule has 0 fully saturated rings. The molecule has 0 aromatic rings. The normalized spacial score (nSPS) is 12.2. The Morgan fingerprint density at radius 2 is 1.92 bits per heavy atom. The summed E-state index contributed by atoms with van der Waals surface area (Å²) in [5.41, 5.74) is 0. The van der Waals surface area contributed by atoms with Gasteiger partial charge in [0.2, 0.25) is 0 Å². The second-order valence-corrected chi connectivity index (χ2v) is 10.6. The van der Waals surface area contributed by atoms with Gasteiger partial charge < -0.3 is 4.57 Å². The molecule has 0 N–H and O–H groups in total. The monoisotopic (exact) mass is 263 g/mol. The predicted octanol–water partition coefficient (Wildman–Crippen LogP) is 3.83. The predicted molar refractivity (Wildman–Crippen MR) is 67.9 cm³/mol. The molecule has 78 valence electrons. The van der Waals surface area contributed by atoms with Crippen LogP contribution < -0.4 is 0 Å². The van der Waals surface area contributed by atoms with Crippen LogP contribution >= 0.6 is 15.9 Å². The highest BCUT2D eigenvalue weighted by atomic mass is 79.9. The van der Waals surface area contributed by atoms with Gasteiger partial charge >= 0.3 is 0 Å². The van der Waals surface area contributed by atoms with Crippen LogP contribution in [0, 0.1) is 0 Å². The third-order valence-electron chi connectivity index (χ3n) is 2.09. The van der Waals surface area contributed by atoms with Crippen molar-refractivity contribution in [2.24, 2.45) is 0 Å². The van der Waals surface area contributed by atoms with E-state index in [9.17, 15) is 0 Å². The molecule has 0 aliphatic rings. The van der Waals surface area contributed by atoms with Crippen molar-refractivity contribution >= 4 is 24.2 Å². The Kier molecular flexibility index (Phi) is 6.17. The van der Waals surface area contributed by atoms with Crippen LogP contribution in [0.25, 0.3) is 0 Å². The van der Waals surface area contributed by atoms with Crippen LogP contribution in [-0.4, -0.2) is 25.9 Å². The number of halogens is 1. The Hall–Kier alpha value is 0.397. The molecule has 0 saturated carbocycles. The van der Waals surface area contributed by atoms with Gasteiger partial charge in [-0.2, -0.15) is 0 Å². The Morgan fingerprint density at radius 3 is 2.23 bits per heavy atom. The summed E-state index contributed by atoms with van der Waals surface area (Å²) in [6.45, 7) is 15.5. The van der Waals surface area contributed by atoms with E-state index in [0.717, 1.165) is 11.0 Å². The van der Waals surface area contributed by atoms with E-state index >= 15 is 0 Å². The van der Waals surface area contributed by atoms with E-state index in [-0.39, 0.29) is 0 Å². The number of nitrogens with zero attached hydrogens (tertiary/aromatic N) is 1. The molecule has 0 spiro atoms. The average molecular weight is 264 g/mol. The minimum absolute atomic E-state index is 1.01. The summed E-state index contributed by atoms with van der Waals surface area (Å²) in [4.78, 5) is 0. The average Bonchev–Trinajstić information content (AvgIpc) is 1.95. The summed E-state index contributed by atoms with van der Waals surface area (Å²) >= 11 is 3.45. The van der Waals surface area contributed by atoms with E-state index in [1.807, 2.05) is 0 Å². The number of hydrogen-bond acceptors (Lipinski definition) is 1. The molecular formula is C10H22BrNSi. The molecule has 0 saturated heterocycles. The third-order valence-corrected chi connectivity index (χ3v) is 4.62. The van der Waals surface area contributed by atoms with Gasteiger partial charge in [0.1, 0.15) is 8.24 Å². The van der Waals surface area contributed by atoms with Crippen LogP contribution in [0.4, 0.5) is 0 Å². The lowest BCUT2D eigenvalue weighted by molar-refractivity contribution is 0.449. The summed E-state index contributed by atoms with van der Waals surface area (Å²) < 4.78 is 3.69. The summed E-state index contributed by atoms with van der Waals surface area (Å²) in [5, 5.41) is 0. The Bertz CT molecular complexity index is 163. The molecule has 0 rings (SSSR count). The molecule has 0 unspecified atom stereocenters. The molecule has 0 heterocycles.